The minimum atomic E-state index is 0.0104. The van der Waals surface area contributed by atoms with Gasteiger partial charge in [0, 0.05) is 6.54 Å². The summed E-state index contributed by atoms with van der Waals surface area (Å²) in [5.74, 6) is 0.157. The Labute approximate surface area is 132 Å². The maximum atomic E-state index is 12.1. The van der Waals surface area contributed by atoms with Gasteiger partial charge in [-0.2, -0.15) is 0 Å². The highest BCUT2D eigenvalue weighted by molar-refractivity contribution is 5.75. The number of quaternary nitrogens is 1. The average Bonchev–Trinajstić information content (AvgIpc) is 2.59. The van der Waals surface area contributed by atoms with E-state index < -0.39 is 0 Å². The maximum absolute atomic E-state index is 12.1. The highest BCUT2D eigenvalue weighted by Crippen LogP contribution is 2.26. The summed E-state index contributed by atoms with van der Waals surface area (Å²) in [6.07, 6.45) is 5.58. The molecule has 2 heterocycles. The summed E-state index contributed by atoms with van der Waals surface area (Å²) in [7, 11) is 0. The van der Waals surface area contributed by atoms with Gasteiger partial charge in [0.1, 0.15) is 6.10 Å². The molecule has 0 unspecified atom stereocenters. The van der Waals surface area contributed by atoms with Crippen LogP contribution in [0.5, 0.6) is 0 Å². The van der Waals surface area contributed by atoms with Crippen molar-refractivity contribution in [3.8, 4) is 0 Å². The van der Waals surface area contributed by atoms with E-state index >= 15 is 0 Å². The molecule has 120 valence electrons. The van der Waals surface area contributed by atoms with Crippen LogP contribution in [-0.4, -0.2) is 38.7 Å². The van der Waals surface area contributed by atoms with Crippen LogP contribution in [0.4, 0.5) is 0 Å². The maximum Gasteiger partial charge on any atom is 0.225 e. The molecule has 1 aromatic carbocycles. The van der Waals surface area contributed by atoms with Crippen molar-refractivity contribution in [1.29, 1.82) is 0 Å². The first-order valence-corrected chi connectivity index (χ1v) is 8.62. The third kappa shape index (κ3) is 4.08. The molecule has 2 N–H and O–H groups in total. The second-order valence-corrected chi connectivity index (χ2v) is 6.42. The topological polar surface area (TPSA) is 42.8 Å². The Hall–Kier alpha value is -1.39. The molecule has 0 saturated carbocycles. The van der Waals surface area contributed by atoms with Crippen LogP contribution in [0.3, 0.4) is 0 Å². The molecule has 4 nitrogen and oxygen atoms in total. The number of carbonyl (C=O) groups excluding carboxylic acids is 1. The quantitative estimate of drug-likeness (QED) is 0.848. The number of carbonyl (C=O) groups is 1. The minimum absolute atomic E-state index is 0.0104. The highest BCUT2D eigenvalue weighted by atomic mass is 16.5. The van der Waals surface area contributed by atoms with Crippen molar-refractivity contribution in [2.24, 2.45) is 0 Å². The zero-order valence-electron chi connectivity index (χ0n) is 13.3. The fourth-order valence-electron chi connectivity index (χ4n) is 3.53. The minimum Gasteiger partial charge on any atom is -0.371 e. The number of hydrogen-bond donors (Lipinski definition) is 2. The second-order valence-electron chi connectivity index (χ2n) is 6.42. The van der Waals surface area contributed by atoms with Crippen molar-refractivity contribution in [2.45, 2.75) is 38.2 Å². The molecule has 2 aliphatic rings. The number of fused-ring (bicyclic) bond motifs is 1. The molecule has 22 heavy (non-hydrogen) atoms. The van der Waals surface area contributed by atoms with E-state index in [1.54, 1.807) is 4.90 Å². The molecule has 4 heteroatoms. The lowest BCUT2D eigenvalue weighted by Gasteiger charge is -2.26. The summed E-state index contributed by atoms with van der Waals surface area (Å²) in [4.78, 5) is 13.6. The van der Waals surface area contributed by atoms with Crippen molar-refractivity contribution < 1.29 is 14.4 Å². The molecule has 1 amide bonds. The summed E-state index contributed by atoms with van der Waals surface area (Å²) in [5, 5.41) is 3.06. The Morgan fingerprint density at radius 3 is 2.91 bits per heavy atom. The summed E-state index contributed by atoms with van der Waals surface area (Å²) >= 11 is 0. The predicted octanol–water partition coefficient (Wildman–Crippen LogP) is 0.876. The average molecular weight is 303 g/mol. The molecule has 1 aromatic rings. The first kappa shape index (κ1) is 15.5. The van der Waals surface area contributed by atoms with Crippen LogP contribution in [-0.2, 0) is 16.0 Å². The number of hydrogen-bond acceptors (Lipinski definition) is 2. The zero-order valence-corrected chi connectivity index (χ0v) is 13.3. The van der Waals surface area contributed by atoms with E-state index in [0.29, 0.717) is 13.0 Å². The number of rotatable bonds is 5. The summed E-state index contributed by atoms with van der Waals surface area (Å²) in [6.45, 7) is 4.76. The fraction of sp³-hybridized carbons (Fsp3) is 0.611. The molecule has 2 aliphatic heterocycles. The lowest BCUT2D eigenvalue weighted by atomic mass is 9.97. The van der Waals surface area contributed by atoms with Crippen LogP contribution < -0.4 is 10.2 Å². The molecule has 1 saturated heterocycles. The van der Waals surface area contributed by atoms with Crippen molar-refractivity contribution in [3.63, 3.8) is 0 Å². The van der Waals surface area contributed by atoms with Crippen LogP contribution in [0.25, 0.3) is 0 Å². The molecule has 0 spiro atoms. The van der Waals surface area contributed by atoms with Crippen LogP contribution >= 0.6 is 0 Å². The highest BCUT2D eigenvalue weighted by Gasteiger charge is 2.21. The van der Waals surface area contributed by atoms with E-state index in [1.165, 1.54) is 43.5 Å². The van der Waals surface area contributed by atoms with Crippen LogP contribution in [0.15, 0.2) is 24.3 Å². The Morgan fingerprint density at radius 1 is 1.23 bits per heavy atom. The summed E-state index contributed by atoms with van der Waals surface area (Å²) in [5.41, 5.74) is 2.58. The van der Waals surface area contributed by atoms with Gasteiger partial charge in [0.05, 0.1) is 32.7 Å². The van der Waals surface area contributed by atoms with Gasteiger partial charge in [0.25, 0.3) is 0 Å². The number of amides is 1. The van der Waals surface area contributed by atoms with Gasteiger partial charge in [-0.05, 0) is 36.8 Å². The Bertz CT molecular complexity index is 498. The smallest absolute Gasteiger partial charge is 0.225 e. The predicted molar refractivity (Wildman–Crippen MR) is 85.9 cm³/mol. The van der Waals surface area contributed by atoms with Gasteiger partial charge in [0.15, 0.2) is 0 Å². The van der Waals surface area contributed by atoms with E-state index in [4.69, 9.17) is 4.74 Å². The lowest BCUT2D eigenvalue weighted by Crippen LogP contribution is -3.12. The van der Waals surface area contributed by atoms with Crippen LogP contribution in [0.2, 0.25) is 0 Å². The molecule has 1 fully saturated rings. The summed E-state index contributed by atoms with van der Waals surface area (Å²) < 4.78 is 5.83. The van der Waals surface area contributed by atoms with E-state index in [0.717, 1.165) is 19.6 Å². The normalized spacial score (nSPS) is 22.1. The first-order valence-electron chi connectivity index (χ1n) is 8.62. The molecule has 3 rings (SSSR count). The molecule has 0 aromatic heterocycles. The third-order valence-corrected chi connectivity index (χ3v) is 4.84. The van der Waals surface area contributed by atoms with E-state index in [-0.39, 0.29) is 12.0 Å². The van der Waals surface area contributed by atoms with Crippen molar-refractivity contribution >= 4 is 5.91 Å². The number of piperidine rings is 1. The number of nitrogens with one attached hydrogen (secondary N) is 2. The molecule has 0 bridgehead atoms. The Morgan fingerprint density at radius 2 is 2.05 bits per heavy atom. The second kappa shape index (κ2) is 7.75. The van der Waals surface area contributed by atoms with Gasteiger partial charge < -0.3 is 15.0 Å². The van der Waals surface area contributed by atoms with Crippen molar-refractivity contribution in [2.75, 3.05) is 32.8 Å². The van der Waals surface area contributed by atoms with Gasteiger partial charge in [0.2, 0.25) is 5.91 Å². The SMILES string of the molecule is O=C(CC[NH+]1CCCCC1)NC[C@@H]1OCCc2ccccc21. The van der Waals surface area contributed by atoms with Gasteiger partial charge in [-0.25, -0.2) is 0 Å². The van der Waals surface area contributed by atoms with Crippen LogP contribution in [0, 0.1) is 0 Å². The van der Waals surface area contributed by atoms with Crippen molar-refractivity contribution in [3.05, 3.63) is 35.4 Å². The first-order chi connectivity index (χ1) is 10.8. The molecule has 0 radical (unpaired) electrons. The van der Waals surface area contributed by atoms with Gasteiger partial charge >= 0.3 is 0 Å². The van der Waals surface area contributed by atoms with E-state index in [9.17, 15) is 4.79 Å². The zero-order chi connectivity index (χ0) is 15.2. The lowest BCUT2D eigenvalue weighted by molar-refractivity contribution is -0.904. The number of likely N-dealkylation sites (tertiary alicyclic amines) is 1. The fourth-order valence-corrected chi connectivity index (χ4v) is 3.53. The molecular formula is C18H27N2O2+. The van der Waals surface area contributed by atoms with Gasteiger partial charge in [-0.15, -0.1) is 0 Å². The van der Waals surface area contributed by atoms with E-state index in [1.807, 2.05) is 6.07 Å². The number of benzene rings is 1. The third-order valence-electron chi connectivity index (χ3n) is 4.84. The van der Waals surface area contributed by atoms with Crippen LogP contribution in [0.1, 0.15) is 42.9 Å². The standard InChI is InChI=1S/C18H26N2O2/c21-18(8-12-20-10-4-1-5-11-20)19-14-17-16-7-3-2-6-15(16)9-13-22-17/h2-3,6-7,17H,1,4-5,8-14H2,(H,19,21)/p+1/t17-/m0/s1. The van der Waals surface area contributed by atoms with E-state index in [2.05, 4.69) is 23.5 Å². The Balaban J connectivity index is 1.43. The molecule has 1 atom stereocenters. The van der Waals surface area contributed by atoms with Crippen molar-refractivity contribution in [1.82, 2.24) is 5.32 Å². The van der Waals surface area contributed by atoms with Gasteiger partial charge in [-0.1, -0.05) is 24.3 Å². The summed E-state index contributed by atoms with van der Waals surface area (Å²) in [6, 6.07) is 8.39. The number of ether oxygens (including phenoxy) is 1. The molecule has 0 aliphatic carbocycles. The van der Waals surface area contributed by atoms with Gasteiger partial charge in [-0.3, -0.25) is 4.79 Å². The monoisotopic (exact) mass is 303 g/mol. The largest absolute Gasteiger partial charge is 0.371 e. The Kier molecular flexibility index (Phi) is 5.46. The molecular weight excluding hydrogens is 276 g/mol.